The SMILES string of the molecule is COc1ccc(-n2c(CNC(=O)/C=C/c3cccc(F)c3)nnc2SC)cc1. The molecule has 8 heteroatoms. The van der Waals surface area contributed by atoms with Crippen LogP contribution in [-0.2, 0) is 11.3 Å². The van der Waals surface area contributed by atoms with Gasteiger partial charge in [0.15, 0.2) is 11.0 Å². The van der Waals surface area contributed by atoms with E-state index in [-0.39, 0.29) is 18.3 Å². The number of hydrogen-bond acceptors (Lipinski definition) is 5. The second-order valence-electron chi connectivity index (χ2n) is 5.74. The van der Waals surface area contributed by atoms with Gasteiger partial charge in [0.25, 0.3) is 0 Å². The lowest BCUT2D eigenvalue weighted by Crippen LogP contribution is -2.22. The Balaban J connectivity index is 1.72. The Bertz CT molecular complexity index is 986. The van der Waals surface area contributed by atoms with E-state index in [9.17, 15) is 9.18 Å². The predicted octanol–water partition coefficient (Wildman–Crippen LogP) is 3.47. The van der Waals surface area contributed by atoms with Crippen molar-refractivity contribution >= 4 is 23.7 Å². The van der Waals surface area contributed by atoms with Crippen LogP contribution in [0.3, 0.4) is 0 Å². The zero-order valence-corrected chi connectivity index (χ0v) is 16.2. The number of halogens is 1. The van der Waals surface area contributed by atoms with E-state index in [0.29, 0.717) is 16.5 Å². The standard InChI is InChI=1S/C20H19FN4O2S/c1-27-17-9-7-16(8-10-17)25-18(23-24-20(25)28-2)13-22-19(26)11-6-14-4-3-5-15(21)12-14/h3-12H,13H2,1-2H3,(H,22,26)/b11-6+. The van der Waals surface area contributed by atoms with Crippen LogP contribution >= 0.6 is 11.8 Å². The van der Waals surface area contributed by atoms with Gasteiger partial charge in [0.05, 0.1) is 13.7 Å². The number of methoxy groups -OCH3 is 1. The van der Waals surface area contributed by atoms with E-state index in [1.54, 1.807) is 25.3 Å². The quantitative estimate of drug-likeness (QED) is 0.488. The summed E-state index contributed by atoms with van der Waals surface area (Å²) in [5.74, 6) is 0.695. The molecule has 6 nitrogen and oxygen atoms in total. The van der Waals surface area contributed by atoms with Crippen LogP contribution < -0.4 is 10.1 Å². The summed E-state index contributed by atoms with van der Waals surface area (Å²) in [4.78, 5) is 12.1. The molecule has 0 aliphatic heterocycles. The fourth-order valence-electron chi connectivity index (χ4n) is 2.54. The van der Waals surface area contributed by atoms with E-state index in [4.69, 9.17) is 4.74 Å². The Kier molecular flexibility index (Phi) is 6.44. The molecule has 0 aliphatic carbocycles. The summed E-state index contributed by atoms with van der Waals surface area (Å²) in [6.07, 6.45) is 4.83. The molecular weight excluding hydrogens is 379 g/mol. The zero-order valence-electron chi connectivity index (χ0n) is 15.4. The molecule has 0 radical (unpaired) electrons. The second kappa shape index (κ2) is 9.18. The Morgan fingerprint density at radius 1 is 1.25 bits per heavy atom. The topological polar surface area (TPSA) is 69.0 Å². The van der Waals surface area contributed by atoms with Crippen molar-refractivity contribution < 1.29 is 13.9 Å². The van der Waals surface area contributed by atoms with Crippen molar-refractivity contribution in [1.29, 1.82) is 0 Å². The molecule has 3 rings (SSSR count). The van der Waals surface area contributed by atoms with Gasteiger partial charge < -0.3 is 10.1 Å². The molecule has 0 saturated heterocycles. The first-order valence-electron chi connectivity index (χ1n) is 8.45. The summed E-state index contributed by atoms with van der Waals surface area (Å²) in [6, 6.07) is 13.5. The lowest BCUT2D eigenvalue weighted by atomic mass is 10.2. The molecule has 0 unspecified atom stereocenters. The number of nitrogens with one attached hydrogen (secondary N) is 1. The lowest BCUT2D eigenvalue weighted by Gasteiger charge is -2.10. The first-order valence-corrected chi connectivity index (χ1v) is 9.67. The summed E-state index contributed by atoms with van der Waals surface area (Å²) >= 11 is 1.46. The number of hydrogen-bond donors (Lipinski definition) is 1. The van der Waals surface area contributed by atoms with Gasteiger partial charge in [0, 0.05) is 11.8 Å². The van der Waals surface area contributed by atoms with Crippen LogP contribution in [0, 0.1) is 5.82 Å². The van der Waals surface area contributed by atoms with Crippen molar-refractivity contribution in [2.45, 2.75) is 11.7 Å². The highest BCUT2D eigenvalue weighted by Gasteiger charge is 2.13. The van der Waals surface area contributed by atoms with E-state index in [0.717, 1.165) is 11.4 Å². The minimum absolute atomic E-state index is 0.200. The summed E-state index contributed by atoms with van der Waals surface area (Å²) in [7, 11) is 1.61. The van der Waals surface area contributed by atoms with Crippen LogP contribution in [0.15, 0.2) is 59.8 Å². The number of nitrogens with zero attached hydrogens (tertiary/aromatic N) is 3. The van der Waals surface area contributed by atoms with Gasteiger partial charge in [-0.25, -0.2) is 4.39 Å². The van der Waals surface area contributed by atoms with Gasteiger partial charge in [-0.3, -0.25) is 9.36 Å². The molecule has 1 heterocycles. The molecule has 1 amide bonds. The van der Waals surface area contributed by atoms with E-state index >= 15 is 0 Å². The highest BCUT2D eigenvalue weighted by atomic mass is 32.2. The summed E-state index contributed by atoms with van der Waals surface area (Å²) < 4.78 is 20.3. The Labute approximate surface area is 166 Å². The number of carbonyl (C=O) groups is 1. The third-order valence-corrected chi connectivity index (χ3v) is 4.54. The number of amides is 1. The van der Waals surface area contributed by atoms with E-state index in [1.807, 2.05) is 35.1 Å². The van der Waals surface area contributed by atoms with Crippen LogP contribution in [-0.4, -0.2) is 34.0 Å². The van der Waals surface area contributed by atoms with Crippen molar-refractivity contribution in [2.75, 3.05) is 13.4 Å². The number of aromatic nitrogens is 3. The lowest BCUT2D eigenvalue weighted by molar-refractivity contribution is -0.116. The van der Waals surface area contributed by atoms with Crippen molar-refractivity contribution in [3.63, 3.8) is 0 Å². The number of ether oxygens (including phenoxy) is 1. The molecule has 1 aromatic heterocycles. The average molecular weight is 398 g/mol. The Morgan fingerprint density at radius 2 is 2.04 bits per heavy atom. The summed E-state index contributed by atoms with van der Waals surface area (Å²) in [5.41, 5.74) is 1.48. The number of rotatable bonds is 7. The van der Waals surface area contributed by atoms with Gasteiger partial charge in [-0.1, -0.05) is 23.9 Å². The molecule has 0 spiro atoms. The van der Waals surface area contributed by atoms with Crippen molar-refractivity contribution in [3.05, 3.63) is 71.8 Å². The van der Waals surface area contributed by atoms with Gasteiger partial charge in [-0.2, -0.15) is 0 Å². The molecule has 0 bridgehead atoms. The first kappa shape index (κ1) is 19.6. The fourth-order valence-corrected chi connectivity index (χ4v) is 3.06. The number of benzene rings is 2. The van der Waals surface area contributed by atoms with Gasteiger partial charge in [0.1, 0.15) is 11.6 Å². The molecule has 3 aromatic rings. The van der Waals surface area contributed by atoms with Gasteiger partial charge >= 0.3 is 0 Å². The maximum atomic E-state index is 13.2. The van der Waals surface area contributed by atoms with Gasteiger partial charge in [0.2, 0.25) is 5.91 Å². The average Bonchev–Trinajstić information content (AvgIpc) is 3.14. The number of thioether (sulfide) groups is 1. The Hall–Kier alpha value is -3.13. The highest BCUT2D eigenvalue weighted by molar-refractivity contribution is 7.98. The van der Waals surface area contributed by atoms with Crippen LogP contribution in [0.2, 0.25) is 0 Å². The molecule has 0 fully saturated rings. The van der Waals surface area contributed by atoms with Crippen molar-refractivity contribution in [2.24, 2.45) is 0 Å². The first-order chi connectivity index (χ1) is 13.6. The third kappa shape index (κ3) is 4.77. The molecule has 144 valence electrons. The van der Waals surface area contributed by atoms with Crippen molar-refractivity contribution in [3.8, 4) is 11.4 Å². The van der Waals surface area contributed by atoms with Crippen LogP contribution in [0.5, 0.6) is 5.75 Å². The van der Waals surface area contributed by atoms with Crippen LogP contribution in [0.25, 0.3) is 11.8 Å². The van der Waals surface area contributed by atoms with Crippen LogP contribution in [0.1, 0.15) is 11.4 Å². The van der Waals surface area contributed by atoms with E-state index in [2.05, 4.69) is 15.5 Å². The summed E-state index contributed by atoms with van der Waals surface area (Å²) in [6.45, 7) is 0.200. The van der Waals surface area contributed by atoms with Gasteiger partial charge in [-0.15, -0.1) is 10.2 Å². The molecular formula is C20H19FN4O2S. The predicted molar refractivity (Wildman–Crippen MR) is 107 cm³/mol. The zero-order chi connectivity index (χ0) is 19.9. The maximum Gasteiger partial charge on any atom is 0.244 e. The minimum Gasteiger partial charge on any atom is -0.497 e. The van der Waals surface area contributed by atoms with Crippen LogP contribution in [0.4, 0.5) is 4.39 Å². The van der Waals surface area contributed by atoms with Crippen molar-refractivity contribution in [1.82, 2.24) is 20.1 Å². The molecule has 0 saturated carbocycles. The monoisotopic (exact) mass is 398 g/mol. The van der Waals surface area contributed by atoms with Gasteiger partial charge in [-0.05, 0) is 54.3 Å². The Morgan fingerprint density at radius 3 is 2.71 bits per heavy atom. The molecule has 2 aromatic carbocycles. The van der Waals surface area contributed by atoms with E-state index in [1.165, 1.54) is 30.0 Å². The minimum atomic E-state index is -0.347. The second-order valence-corrected chi connectivity index (χ2v) is 6.52. The fraction of sp³-hybridized carbons (Fsp3) is 0.150. The van der Waals surface area contributed by atoms with E-state index < -0.39 is 0 Å². The molecule has 0 atom stereocenters. The highest BCUT2D eigenvalue weighted by Crippen LogP contribution is 2.22. The normalized spacial score (nSPS) is 11.0. The largest absolute Gasteiger partial charge is 0.497 e. The third-order valence-electron chi connectivity index (χ3n) is 3.91. The number of carbonyl (C=O) groups excluding carboxylic acids is 1. The summed E-state index contributed by atoms with van der Waals surface area (Å²) in [5, 5.41) is 11.8. The molecule has 0 aliphatic rings. The molecule has 1 N–H and O–H groups in total. The molecule has 28 heavy (non-hydrogen) atoms. The maximum absolute atomic E-state index is 13.2. The smallest absolute Gasteiger partial charge is 0.244 e.